The van der Waals surface area contributed by atoms with E-state index >= 15 is 0 Å². The van der Waals surface area contributed by atoms with Crippen molar-refractivity contribution in [3.8, 4) is 22.3 Å². The lowest BCUT2D eigenvalue weighted by Gasteiger charge is -2.22. The molecule has 0 N–H and O–H groups in total. The molecule has 0 bridgehead atoms. The minimum absolute atomic E-state index is 0.370. The Morgan fingerprint density at radius 1 is 0.682 bits per heavy atom. The van der Waals surface area contributed by atoms with E-state index in [1.54, 1.807) is 0 Å². The van der Waals surface area contributed by atoms with Gasteiger partial charge in [0.15, 0.2) is 11.1 Å². The van der Waals surface area contributed by atoms with Crippen molar-refractivity contribution in [1.82, 2.24) is 4.40 Å². The smallest absolute Gasteiger partial charge is 0.295 e. The summed E-state index contributed by atoms with van der Waals surface area (Å²) < 4.78 is 11.0. The Bertz CT molecular complexity index is 2370. The lowest BCUT2D eigenvalue weighted by molar-refractivity contribution is -0.617. The van der Waals surface area contributed by atoms with Gasteiger partial charge in [0.1, 0.15) is 5.52 Å². The molecule has 3 nitrogen and oxygen atoms in total. The number of hydrogen-bond donors (Lipinski definition) is 0. The monoisotopic (exact) mass is 573 g/mol. The van der Waals surface area contributed by atoms with Crippen molar-refractivity contribution >= 4 is 49.3 Å². The third-order valence-corrected chi connectivity index (χ3v) is 9.55. The number of furan rings is 1. The van der Waals surface area contributed by atoms with Crippen molar-refractivity contribution in [2.24, 2.45) is 7.05 Å². The Morgan fingerprint density at radius 2 is 1.43 bits per heavy atom. The summed E-state index contributed by atoms with van der Waals surface area (Å²) in [5, 5.41) is 4.93. The standard InChI is InChI=1S/C41H37N2O/c1-24(2)33-21-30(27-12-8-7-9-13-27)22-34(25(3)4)38(33)29-15-17-31-32-14-10-11-26(5)37(32)41-42(6)35-18-16-28-19-20-44-40(28)39(35)43(41)36(31)23-29/h7-25H,1-6H3/q+1. The first-order chi connectivity index (χ1) is 21.3. The Morgan fingerprint density at radius 3 is 2.16 bits per heavy atom. The first-order valence-electron chi connectivity index (χ1n) is 15.7. The minimum Gasteiger partial charge on any atom is -0.460 e. The highest BCUT2D eigenvalue weighted by Gasteiger charge is 2.28. The quantitative estimate of drug-likeness (QED) is 0.152. The lowest BCUT2D eigenvalue weighted by Crippen LogP contribution is -2.27. The SMILES string of the molecule is Cc1cccc2c3ccc(-c4c(C(C)C)cc(-c5ccccc5)cc4C(C)C)cc3n3c4c5occc5ccc4[n+](C)c3c12. The van der Waals surface area contributed by atoms with Crippen molar-refractivity contribution < 1.29 is 8.98 Å². The molecule has 0 unspecified atom stereocenters. The number of imidazole rings is 1. The molecule has 216 valence electrons. The molecule has 0 atom stereocenters. The number of nitrogens with zero attached hydrogens (tertiary/aromatic N) is 2. The molecule has 8 rings (SSSR count). The van der Waals surface area contributed by atoms with Gasteiger partial charge in [-0.1, -0.05) is 94.4 Å². The zero-order valence-electron chi connectivity index (χ0n) is 26.3. The maximum atomic E-state index is 6.18. The predicted octanol–water partition coefficient (Wildman–Crippen LogP) is 10.9. The fourth-order valence-corrected chi connectivity index (χ4v) is 7.40. The van der Waals surface area contributed by atoms with Gasteiger partial charge in [0.2, 0.25) is 5.52 Å². The summed E-state index contributed by atoms with van der Waals surface area (Å²) in [6, 6.07) is 35.9. The summed E-state index contributed by atoms with van der Waals surface area (Å²) in [5.74, 6) is 0.739. The summed E-state index contributed by atoms with van der Waals surface area (Å²) in [7, 11) is 2.18. The van der Waals surface area contributed by atoms with Gasteiger partial charge >= 0.3 is 0 Å². The van der Waals surface area contributed by atoms with E-state index in [2.05, 4.69) is 148 Å². The van der Waals surface area contributed by atoms with Gasteiger partial charge in [0.25, 0.3) is 5.65 Å². The normalized spacial score (nSPS) is 12.3. The molecule has 0 spiro atoms. The molecule has 0 aliphatic heterocycles. The van der Waals surface area contributed by atoms with Gasteiger partial charge in [0.05, 0.1) is 18.7 Å². The van der Waals surface area contributed by atoms with Crippen molar-refractivity contribution in [1.29, 1.82) is 0 Å². The molecule has 0 saturated carbocycles. The molecule has 0 saturated heterocycles. The molecule has 0 aliphatic carbocycles. The number of fused-ring (bicyclic) bond motifs is 10. The maximum absolute atomic E-state index is 6.18. The molecule has 8 aromatic rings. The summed E-state index contributed by atoms with van der Waals surface area (Å²) in [6.07, 6.45) is 1.81. The minimum atomic E-state index is 0.370. The van der Waals surface area contributed by atoms with Crippen molar-refractivity contribution in [2.45, 2.75) is 46.5 Å². The molecular weight excluding hydrogens is 536 g/mol. The maximum Gasteiger partial charge on any atom is 0.295 e. The van der Waals surface area contributed by atoms with Crippen LogP contribution in [0.4, 0.5) is 0 Å². The highest BCUT2D eigenvalue weighted by molar-refractivity contribution is 6.16. The van der Waals surface area contributed by atoms with Gasteiger partial charge in [-0.3, -0.25) is 0 Å². The van der Waals surface area contributed by atoms with Crippen molar-refractivity contribution in [3.63, 3.8) is 0 Å². The average Bonchev–Trinajstić information content (AvgIpc) is 3.63. The largest absolute Gasteiger partial charge is 0.460 e. The Balaban J connectivity index is 1.54. The highest BCUT2D eigenvalue weighted by atomic mass is 16.3. The second kappa shape index (κ2) is 9.82. The van der Waals surface area contributed by atoms with E-state index in [0.29, 0.717) is 11.8 Å². The number of aryl methyl sites for hydroxylation is 2. The van der Waals surface area contributed by atoms with Crippen LogP contribution in [0.3, 0.4) is 0 Å². The van der Waals surface area contributed by atoms with Crippen molar-refractivity contribution in [3.05, 3.63) is 120 Å². The molecule has 0 fully saturated rings. The summed E-state index contributed by atoms with van der Waals surface area (Å²) in [6.45, 7) is 11.5. The number of aromatic nitrogens is 2. The van der Waals surface area contributed by atoms with E-state index in [-0.39, 0.29) is 0 Å². The highest BCUT2D eigenvalue weighted by Crippen LogP contribution is 2.42. The zero-order valence-corrected chi connectivity index (χ0v) is 26.3. The molecule has 3 aromatic heterocycles. The van der Waals surface area contributed by atoms with Crippen LogP contribution >= 0.6 is 0 Å². The first kappa shape index (κ1) is 26.7. The molecule has 5 aromatic carbocycles. The van der Waals surface area contributed by atoms with Gasteiger partial charge in [-0.25, -0.2) is 4.57 Å². The zero-order chi connectivity index (χ0) is 30.3. The molecule has 0 radical (unpaired) electrons. The van der Waals surface area contributed by atoms with Gasteiger partial charge < -0.3 is 4.42 Å². The molecule has 0 amide bonds. The number of benzene rings is 5. The fourth-order valence-electron chi connectivity index (χ4n) is 7.40. The second-order valence-corrected chi connectivity index (χ2v) is 12.9. The van der Waals surface area contributed by atoms with Gasteiger partial charge in [0, 0.05) is 16.2 Å². The number of pyridine rings is 1. The third-order valence-electron chi connectivity index (χ3n) is 9.55. The molecule has 0 aliphatic rings. The Kier molecular flexibility index (Phi) is 5.96. The van der Waals surface area contributed by atoms with Crippen LogP contribution in [0.2, 0.25) is 0 Å². The summed E-state index contributed by atoms with van der Waals surface area (Å²) in [4.78, 5) is 0. The van der Waals surface area contributed by atoms with Crippen LogP contribution < -0.4 is 4.57 Å². The van der Waals surface area contributed by atoms with Crippen LogP contribution in [0, 0.1) is 6.92 Å². The van der Waals surface area contributed by atoms with Gasteiger partial charge in [-0.05, 0) is 88.0 Å². The Labute approximate surface area is 258 Å². The van der Waals surface area contributed by atoms with Crippen LogP contribution in [-0.4, -0.2) is 4.40 Å². The van der Waals surface area contributed by atoms with Crippen LogP contribution in [0.1, 0.15) is 56.2 Å². The second-order valence-electron chi connectivity index (χ2n) is 12.9. The predicted molar refractivity (Wildman–Crippen MR) is 185 cm³/mol. The van der Waals surface area contributed by atoms with E-state index in [1.165, 1.54) is 66.3 Å². The van der Waals surface area contributed by atoms with E-state index in [0.717, 1.165) is 22.0 Å². The average molecular weight is 574 g/mol. The van der Waals surface area contributed by atoms with Crippen LogP contribution in [0.5, 0.6) is 0 Å². The van der Waals surface area contributed by atoms with E-state index in [4.69, 9.17) is 4.42 Å². The third kappa shape index (κ3) is 3.78. The van der Waals surface area contributed by atoms with E-state index < -0.39 is 0 Å². The summed E-state index contributed by atoms with van der Waals surface area (Å²) >= 11 is 0. The summed E-state index contributed by atoms with van der Waals surface area (Å²) in [5.41, 5.74) is 14.8. The number of rotatable bonds is 4. The lowest BCUT2D eigenvalue weighted by atomic mass is 9.82. The van der Waals surface area contributed by atoms with E-state index in [1.807, 2.05) is 6.26 Å². The van der Waals surface area contributed by atoms with Crippen LogP contribution in [-0.2, 0) is 7.05 Å². The van der Waals surface area contributed by atoms with Crippen molar-refractivity contribution in [2.75, 3.05) is 0 Å². The van der Waals surface area contributed by atoms with E-state index in [9.17, 15) is 0 Å². The first-order valence-corrected chi connectivity index (χ1v) is 15.7. The van der Waals surface area contributed by atoms with Gasteiger partial charge in [-0.15, -0.1) is 0 Å². The Hall–Kier alpha value is -4.89. The van der Waals surface area contributed by atoms with Gasteiger partial charge in [-0.2, -0.15) is 4.40 Å². The molecule has 3 heterocycles. The van der Waals surface area contributed by atoms with Crippen LogP contribution in [0.15, 0.2) is 108 Å². The van der Waals surface area contributed by atoms with Crippen LogP contribution in [0.25, 0.3) is 71.6 Å². The number of hydrogen-bond acceptors (Lipinski definition) is 1. The topological polar surface area (TPSA) is 21.4 Å². The molecule has 44 heavy (non-hydrogen) atoms. The molecule has 3 heteroatoms. The molecular formula is C41H37N2O+. The fraction of sp³-hybridized carbons (Fsp3) is 0.195.